The van der Waals surface area contributed by atoms with Crippen LogP contribution in [0.4, 0.5) is 0 Å². The molecule has 1 aliphatic carbocycles. The molecule has 0 aromatic rings. The molecule has 0 radical (unpaired) electrons. The summed E-state index contributed by atoms with van der Waals surface area (Å²) in [7, 11) is 0. The molecule has 0 amide bonds. The highest BCUT2D eigenvalue weighted by molar-refractivity contribution is 4.83. The molecule has 1 saturated carbocycles. The molecule has 2 heteroatoms. The van der Waals surface area contributed by atoms with Crippen LogP contribution in [0.25, 0.3) is 0 Å². The van der Waals surface area contributed by atoms with E-state index >= 15 is 0 Å². The maximum absolute atomic E-state index is 9.79. The molecule has 0 spiro atoms. The van der Waals surface area contributed by atoms with Gasteiger partial charge in [-0.05, 0) is 44.7 Å². The molecule has 1 saturated heterocycles. The molecular weight excluding hydrogens is 162 g/mol. The van der Waals surface area contributed by atoms with E-state index in [0.29, 0.717) is 5.92 Å². The number of hydrogen-bond donors (Lipinski definition) is 1. The Kier molecular flexibility index (Phi) is 3.23. The lowest BCUT2D eigenvalue weighted by molar-refractivity contribution is 0.0967. The van der Waals surface area contributed by atoms with E-state index in [2.05, 4.69) is 4.90 Å². The van der Waals surface area contributed by atoms with Crippen molar-refractivity contribution in [3.05, 3.63) is 0 Å². The number of hydrogen-bond acceptors (Lipinski definition) is 2. The fraction of sp³-hybridized carbons (Fsp3) is 1.00. The van der Waals surface area contributed by atoms with Gasteiger partial charge in [-0.1, -0.05) is 12.8 Å². The van der Waals surface area contributed by atoms with Crippen molar-refractivity contribution < 1.29 is 5.11 Å². The molecule has 1 heterocycles. The van der Waals surface area contributed by atoms with Gasteiger partial charge in [0.05, 0.1) is 6.10 Å². The summed E-state index contributed by atoms with van der Waals surface area (Å²) >= 11 is 0. The summed E-state index contributed by atoms with van der Waals surface area (Å²) in [6, 6.07) is 0. The summed E-state index contributed by atoms with van der Waals surface area (Å²) in [5, 5.41) is 9.79. The third-order valence-corrected chi connectivity index (χ3v) is 3.31. The van der Waals surface area contributed by atoms with Gasteiger partial charge in [-0.25, -0.2) is 0 Å². The van der Waals surface area contributed by atoms with Crippen LogP contribution in [0.2, 0.25) is 0 Å². The zero-order valence-electron chi connectivity index (χ0n) is 8.41. The first-order chi connectivity index (χ1) is 6.36. The predicted octanol–water partition coefficient (Wildman–Crippen LogP) is 1.63. The Balaban J connectivity index is 1.71. The highest BCUT2D eigenvalue weighted by Gasteiger charge is 2.30. The van der Waals surface area contributed by atoms with Crippen LogP contribution in [0.3, 0.4) is 0 Å². The van der Waals surface area contributed by atoms with Gasteiger partial charge in [0.2, 0.25) is 0 Å². The van der Waals surface area contributed by atoms with Gasteiger partial charge in [0, 0.05) is 6.54 Å². The SMILES string of the molecule is OC(CN1CCCCCC1)C1CC1. The average molecular weight is 183 g/mol. The first kappa shape index (κ1) is 9.47. The van der Waals surface area contributed by atoms with Gasteiger partial charge in [-0.2, -0.15) is 0 Å². The van der Waals surface area contributed by atoms with E-state index in [9.17, 15) is 5.11 Å². The molecule has 1 unspecified atom stereocenters. The molecule has 2 fully saturated rings. The maximum Gasteiger partial charge on any atom is 0.0695 e. The van der Waals surface area contributed by atoms with Gasteiger partial charge in [-0.3, -0.25) is 0 Å². The highest BCUT2D eigenvalue weighted by atomic mass is 16.3. The second kappa shape index (κ2) is 4.43. The van der Waals surface area contributed by atoms with Crippen molar-refractivity contribution in [1.29, 1.82) is 0 Å². The summed E-state index contributed by atoms with van der Waals surface area (Å²) in [5.74, 6) is 0.642. The summed E-state index contributed by atoms with van der Waals surface area (Å²) in [5.41, 5.74) is 0. The van der Waals surface area contributed by atoms with Crippen LogP contribution in [-0.2, 0) is 0 Å². The van der Waals surface area contributed by atoms with Crippen molar-refractivity contribution in [2.24, 2.45) is 5.92 Å². The van der Waals surface area contributed by atoms with E-state index in [0.717, 1.165) is 6.54 Å². The quantitative estimate of drug-likeness (QED) is 0.719. The minimum Gasteiger partial charge on any atom is -0.392 e. The van der Waals surface area contributed by atoms with Crippen molar-refractivity contribution in [1.82, 2.24) is 4.90 Å². The summed E-state index contributed by atoms with van der Waals surface area (Å²) < 4.78 is 0. The van der Waals surface area contributed by atoms with Crippen LogP contribution in [-0.4, -0.2) is 35.7 Å². The zero-order valence-corrected chi connectivity index (χ0v) is 8.41. The number of rotatable bonds is 3. The van der Waals surface area contributed by atoms with Gasteiger partial charge < -0.3 is 10.0 Å². The Labute approximate surface area is 80.9 Å². The Morgan fingerprint density at radius 3 is 2.23 bits per heavy atom. The van der Waals surface area contributed by atoms with Gasteiger partial charge >= 0.3 is 0 Å². The molecule has 0 aromatic carbocycles. The summed E-state index contributed by atoms with van der Waals surface area (Å²) in [6.45, 7) is 3.36. The molecule has 1 aliphatic heterocycles. The second-order valence-electron chi connectivity index (χ2n) is 4.62. The number of β-amino-alcohol motifs (C(OH)–C–C–N with tert-alkyl or cyclic N) is 1. The van der Waals surface area contributed by atoms with Crippen LogP contribution in [0, 0.1) is 5.92 Å². The lowest BCUT2D eigenvalue weighted by atomic mass is 10.2. The zero-order chi connectivity index (χ0) is 9.10. The molecule has 0 aromatic heterocycles. The van der Waals surface area contributed by atoms with E-state index in [1.807, 2.05) is 0 Å². The van der Waals surface area contributed by atoms with Gasteiger partial charge in [0.1, 0.15) is 0 Å². The second-order valence-corrected chi connectivity index (χ2v) is 4.62. The Morgan fingerprint density at radius 2 is 1.69 bits per heavy atom. The van der Waals surface area contributed by atoms with Crippen LogP contribution < -0.4 is 0 Å². The molecule has 76 valence electrons. The molecule has 0 bridgehead atoms. The number of aliphatic hydroxyl groups excluding tert-OH is 1. The fourth-order valence-corrected chi connectivity index (χ4v) is 2.21. The Morgan fingerprint density at radius 1 is 1.08 bits per heavy atom. The highest BCUT2D eigenvalue weighted by Crippen LogP contribution is 2.33. The van der Waals surface area contributed by atoms with E-state index in [1.54, 1.807) is 0 Å². The first-order valence-electron chi connectivity index (χ1n) is 5.76. The van der Waals surface area contributed by atoms with E-state index in [-0.39, 0.29) is 6.10 Å². The molecule has 1 atom stereocenters. The number of likely N-dealkylation sites (tertiary alicyclic amines) is 1. The van der Waals surface area contributed by atoms with Crippen molar-refractivity contribution in [2.75, 3.05) is 19.6 Å². The van der Waals surface area contributed by atoms with Crippen LogP contribution >= 0.6 is 0 Å². The predicted molar refractivity (Wildman–Crippen MR) is 53.6 cm³/mol. The van der Waals surface area contributed by atoms with E-state index in [4.69, 9.17) is 0 Å². The van der Waals surface area contributed by atoms with Crippen LogP contribution in [0.5, 0.6) is 0 Å². The van der Waals surface area contributed by atoms with Gasteiger partial charge in [0.15, 0.2) is 0 Å². The standard InChI is InChI=1S/C11H21NO/c13-11(10-5-6-10)9-12-7-3-1-2-4-8-12/h10-11,13H,1-9H2. The topological polar surface area (TPSA) is 23.5 Å². The molecule has 1 N–H and O–H groups in total. The molecule has 2 nitrogen and oxygen atoms in total. The van der Waals surface area contributed by atoms with Crippen molar-refractivity contribution in [3.63, 3.8) is 0 Å². The van der Waals surface area contributed by atoms with E-state index < -0.39 is 0 Å². The Hall–Kier alpha value is -0.0800. The monoisotopic (exact) mass is 183 g/mol. The van der Waals surface area contributed by atoms with Gasteiger partial charge in [0.25, 0.3) is 0 Å². The molecule has 2 aliphatic rings. The number of nitrogens with zero attached hydrogens (tertiary/aromatic N) is 1. The van der Waals surface area contributed by atoms with Crippen LogP contribution in [0.15, 0.2) is 0 Å². The summed E-state index contributed by atoms with van der Waals surface area (Å²) in [4.78, 5) is 2.45. The average Bonchev–Trinajstić information content (AvgIpc) is 2.92. The minimum atomic E-state index is -0.0295. The largest absolute Gasteiger partial charge is 0.392 e. The fourth-order valence-electron chi connectivity index (χ4n) is 2.21. The Bertz CT molecular complexity index is 148. The minimum absolute atomic E-state index is 0.0295. The lowest BCUT2D eigenvalue weighted by Gasteiger charge is -2.22. The third kappa shape index (κ3) is 2.96. The third-order valence-electron chi connectivity index (χ3n) is 3.31. The molecular formula is C11H21NO. The maximum atomic E-state index is 9.79. The summed E-state index contributed by atoms with van der Waals surface area (Å²) in [6.07, 6.45) is 7.92. The molecule has 2 rings (SSSR count). The van der Waals surface area contributed by atoms with Crippen molar-refractivity contribution in [2.45, 2.75) is 44.6 Å². The normalized spacial score (nSPS) is 28.4. The van der Waals surface area contributed by atoms with Crippen LogP contribution in [0.1, 0.15) is 38.5 Å². The van der Waals surface area contributed by atoms with Crippen molar-refractivity contribution >= 4 is 0 Å². The van der Waals surface area contributed by atoms with Gasteiger partial charge in [-0.15, -0.1) is 0 Å². The lowest BCUT2D eigenvalue weighted by Crippen LogP contribution is -2.34. The smallest absolute Gasteiger partial charge is 0.0695 e. The molecule has 13 heavy (non-hydrogen) atoms. The first-order valence-corrected chi connectivity index (χ1v) is 5.76. The van der Waals surface area contributed by atoms with Crippen molar-refractivity contribution in [3.8, 4) is 0 Å². The number of aliphatic hydroxyl groups is 1. The van der Waals surface area contributed by atoms with E-state index in [1.165, 1.54) is 51.6 Å².